The van der Waals surface area contributed by atoms with Gasteiger partial charge in [-0.1, -0.05) is 24.9 Å². The molecule has 0 unspecified atom stereocenters. The highest BCUT2D eigenvalue weighted by Crippen LogP contribution is 2.09. The Hall–Kier alpha value is -1.13. The number of anilines is 1. The van der Waals surface area contributed by atoms with E-state index in [-0.39, 0.29) is 5.91 Å². The minimum absolute atomic E-state index is 0.216. The van der Waals surface area contributed by atoms with Crippen LogP contribution in [0.4, 0.5) is 5.82 Å². The second kappa shape index (κ2) is 5.68. The van der Waals surface area contributed by atoms with E-state index in [0.717, 1.165) is 6.42 Å². The number of carbonyl (C=O) groups excluding carboxylic acids is 1. The van der Waals surface area contributed by atoms with Crippen LogP contribution in [0.15, 0.2) is 18.3 Å². The molecule has 5 heteroatoms. The third-order valence-corrected chi connectivity index (χ3v) is 2.14. The van der Waals surface area contributed by atoms with E-state index in [0.29, 0.717) is 17.3 Å². The first kappa shape index (κ1) is 11.9. The molecule has 0 radical (unpaired) electrons. The van der Waals surface area contributed by atoms with Gasteiger partial charge in [0.15, 0.2) is 0 Å². The van der Waals surface area contributed by atoms with E-state index in [9.17, 15) is 4.79 Å². The van der Waals surface area contributed by atoms with Crippen molar-refractivity contribution in [1.29, 1.82) is 0 Å². The van der Waals surface area contributed by atoms with Gasteiger partial charge in [-0.25, -0.2) is 4.98 Å². The predicted octanol–water partition coefficient (Wildman–Crippen LogP) is 1.80. The number of halogens is 1. The van der Waals surface area contributed by atoms with Crippen LogP contribution in [0.3, 0.4) is 0 Å². The van der Waals surface area contributed by atoms with Crippen molar-refractivity contribution >= 4 is 23.3 Å². The summed E-state index contributed by atoms with van der Waals surface area (Å²) in [7, 11) is 0. The third kappa shape index (κ3) is 3.85. The maximum absolute atomic E-state index is 11.5. The molecule has 0 bridgehead atoms. The highest BCUT2D eigenvalue weighted by molar-refractivity contribution is 6.30. The van der Waals surface area contributed by atoms with E-state index < -0.39 is 6.04 Å². The van der Waals surface area contributed by atoms with Crippen LogP contribution < -0.4 is 11.1 Å². The molecule has 15 heavy (non-hydrogen) atoms. The Bertz CT molecular complexity index is 326. The molecule has 4 nitrogen and oxygen atoms in total. The first-order valence-electron chi connectivity index (χ1n) is 4.81. The molecule has 0 aromatic carbocycles. The lowest BCUT2D eigenvalue weighted by atomic mass is 10.2. The number of hydrogen-bond acceptors (Lipinski definition) is 3. The minimum atomic E-state index is -0.479. The fourth-order valence-corrected chi connectivity index (χ4v) is 1.22. The molecule has 1 rings (SSSR count). The summed E-state index contributed by atoms with van der Waals surface area (Å²) in [5.74, 6) is 0.252. The van der Waals surface area contributed by atoms with Crippen LogP contribution in [0.25, 0.3) is 0 Å². The Morgan fingerprint density at radius 2 is 2.40 bits per heavy atom. The van der Waals surface area contributed by atoms with E-state index in [1.165, 1.54) is 6.20 Å². The van der Waals surface area contributed by atoms with Gasteiger partial charge in [0.05, 0.1) is 11.1 Å². The van der Waals surface area contributed by atoms with E-state index in [2.05, 4.69) is 10.3 Å². The molecule has 0 saturated carbocycles. The number of pyridine rings is 1. The third-order valence-electron chi connectivity index (χ3n) is 1.92. The van der Waals surface area contributed by atoms with Crippen molar-refractivity contribution in [2.75, 3.05) is 5.32 Å². The Morgan fingerprint density at radius 1 is 1.67 bits per heavy atom. The van der Waals surface area contributed by atoms with Crippen molar-refractivity contribution in [2.45, 2.75) is 25.8 Å². The first-order chi connectivity index (χ1) is 7.13. The summed E-state index contributed by atoms with van der Waals surface area (Å²) in [6.45, 7) is 1.98. The number of carbonyl (C=O) groups is 1. The monoisotopic (exact) mass is 227 g/mol. The standard InChI is InChI=1S/C10H14ClN3O/c1-2-3-8(12)10(15)14-9-5-4-7(11)6-13-9/h4-6,8H,2-3,12H2,1H3,(H,13,14,15)/t8-/m1/s1. The van der Waals surface area contributed by atoms with Crippen molar-refractivity contribution in [2.24, 2.45) is 5.73 Å². The van der Waals surface area contributed by atoms with E-state index in [4.69, 9.17) is 17.3 Å². The topological polar surface area (TPSA) is 68.0 Å². The van der Waals surface area contributed by atoms with Crippen molar-refractivity contribution < 1.29 is 4.79 Å². The lowest BCUT2D eigenvalue weighted by molar-refractivity contribution is -0.117. The molecule has 0 fully saturated rings. The van der Waals surface area contributed by atoms with Gasteiger partial charge in [0.25, 0.3) is 0 Å². The molecule has 1 atom stereocenters. The number of amides is 1. The van der Waals surface area contributed by atoms with E-state index in [1.807, 2.05) is 6.92 Å². The van der Waals surface area contributed by atoms with Gasteiger partial charge in [0.2, 0.25) is 5.91 Å². The van der Waals surface area contributed by atoms with Crippen LogP contribution in [0.5, 0.6) is 0 Å². The van der Waals surface area contributed by atoms with E-state index >= 15 is 0 Å². The summed E-state index contributed by atoms with van der Waals surface area (Å²) < 4.78 is 0. The fourth-order valence-electron chi connectivity index (χ4n) is 1.11. The van der Waals surface area contributed by atoms with Gasteiger partial charge >= 0.3 is 0 Å². The average Bonchev–Trinajstić information content (AvgIpc) is 2.22. The predicted molar refractivity (Wildman–Crippen MR) is 60.8 cm³/mol. The van der Waals surface area contributed by atoms with Gasteiger partial charge in [-0.3, -0.25) is 4.79 Å². The summed E-state index contributed by atoms with van der Waals surface area (Å²) >= 11 is 5.66. The summed E-state index contributed by atoms with van der Waals surface area (Å²) in [4.78, 5) is 15.4. The maximum atomic E-state index is 11.5. The van der Waals surface area contributed by atoms with Gasteiger partial charge in [-0.2, -0.15) is 0 Å². The SMILES string of the molecule is CCC[C@@H](N)C(=O)Nc1ccc(Cl)cn1. The van der Waals surface area contributed by atoms with Crippen LogP contribution in [-0.4, -0.2) is 16.9 Å². The Kier molecular flexibility index (Phi) is 4.52. The summed E-state index contributed by atoms with van der Waals surface area (Å²) in [5.41, 5.74) is 5.64. The lowest BCUT2D eigenvalue weighted by Gasteiger charge is -2.10. The summed E-state index contributed by atoms with van der Waals surface area (Å²) in [6.07, 6.45) is 3.02. The molecule has 1 aromatic heterocycles. The van der Waals surface area contributed by atoms with Crippen LogP contribution in [0.2, 0.25) is 5.02 Å². The number of nitrogens with one attached hydrogen (secondary N) is 1. The van der Waals surface area contributed by atoms with Crippen LogP contribution in [0, 0.1) is 0 Å². The molecule has 1 amide bonds. The van der Waals surface area contributed by atoms with Crippen molar-refractivity contribution in [3.8, 4) is 0 Å². The fraction of sp³-hybridized carbons (Fsp3) is 0.400. The molecule has 82 valence electrons. The zero-order valence-corrected chi connectivity index (χ0v) is 9.29. The van der Waals surface area contributed by atoms with Crippen LogP contribution in [-0.2, 0) is 4.79 Å². The number of rotatable bonds is 4. The highest BCUT2D eigenvalue weighted by atomic mass is 35.5. The molecule has 0 aliphatic heterocycles. The minimum Gasteiger partial charge on any atom is -0.320 e. The second-order valence-corrected chi connectivity index (χ2v) is 3.68. The maximum Gasteiger partial charge on any atom is 0.242 e. The largest absolute Gasteiger partial charge is 0.320 e. The second-order valence-electron chi connectivity index (χ2n) is 3.25. The molecule has 0 aliphatic rings. The van der Waals surface area contributed by atoms with Crippen LogP contribution >= 0.6 is 11.6 Å². The Labute approximate surface area is 93.8 Å². The van der Waals surface area contributed by atoms with Gasteiger partial charge in [-0.05, 0) is 18.6 Å². The normalized spacial score (nSPS) is 12.2. The van der Waals surface area contributed by atoms with Crippen molar-refractivity contribution in [3.63, 3.8) is 0 Å². The zero-order valence-electron chi connectivity index (χ0n) is 8.53. The molecule has 1 aromatic rings. The van der Waals surface area contributed by atoms with Gasteiger partial charge in [0, 0.05) is 6.20 Å². The zero-order chi connectivity index (χ0) is 11.3. The molecule has 0 aliphatic carbocycles. The molecule has 3 N–H and O–H groups in total. The number of nitrogens with two attached hydrogens (primary N) is 1. The first-order valence-corrected chi connectivity index (χ1v) is 5.19. The van der Waals surface area contributed by atoms with Gasteiger partial charge < -0.3 is 11.1 Å². The highest BCUT2D eigenvalue weighted by Gasteiger charge is 2.12. The summed E-state index contributed by atoms with van der Waals surface area (Å²) in [6, 6.07) is 2.82. The Balaban J connectivity index is 2.54. The number of nitrogens with zero attached hydrogens (tertiary/aromatic N) is 1. The molecule has 0 saturated heterocycles. The Morgan fingerprint density at radius 3 is 2.93 bits per heavy atom. The smallest absolute Gasteiger partial charge is 0.242 e. The van der Waals surface area contributed by atoms with E-state index in [1.54, 1.807) is 12.1 Å². The average molecular weight is 228 g/mol. The number of hydrogen-bond donors (Lipinski definition) is 2. The molecular formula is C10H14ClN3O. The molecule has 0 spiro atoms. The van der Waals surface area contributed by atoms with Crippen molar-refractivity contribution in [3.05, 3.63) is 23.4 Å². The van der Waals surface area contributed by atoms with Gasteiger partial charge in [0.1, 0.15) is 5.82 Å². The van der Waals surface area contributed by atoms with Crippen LogP contribution in [0.1, 0.15) is 19.8 Å². The molecular weight excluding hydrogens is 214 g/mol. The number of aromatic nitrogens is 1. The van der Waals surface area contributed by atoms with Crippen molar-refractivity contribution in [1.82, 2.24) is 4.98 Å². The quantitative estimate of drug-likeness (QED) is 0.824. The molecule has 1 heterocycles. The summed E-state index contributed by atoms with van der Waals surface area (Å²) in [5, 5.41) is 3.15. The van der Waals surface area contributed by atoms with Gasteiger partial charge in [-0.15, -0.1) is 0 Å². The lowest BCUT2D eigenvalue weighted by Crippen LogP contribution is -2.35.